The molecular formula is C31H38ClN3O4S. The summed E-state index contributed by atoms with van der Waals surface area (Å²) in [6.07, 6.45) is 1.13. The minimum Gasteiger partial charge on any atom is -0.354 e. The van der Waals surface area contributed by atoms with Crippen molar-refractivity contribution in [2.75, 3.05) is 17.4 Å². The number of rotatable bonds is 12. The average molecular weight is 584 g/mol. The third kappa shape index (κ3) is 7.64. The Kier molecular flexibility index (Phi) is 10.8. The molecule has 0 aliphatic heterocycles. The average Bonchev–Trinajstić information content (AvgIpc) is 2.93. The van der Waals surface area contributed by atoms with Crippen molar-refractivity contribution in [1.29, 1.82) is 0 Å². The Morgan fingerprint density at radius 2 is 1.55 bits per heavy atom. The molecule has 7 nitrogen and oxygen atoms in total. The number of nitrogens with one attached hydrogen (secondary N) is 1. The van der Waals surface area contributed by atoms with Gasteiger partial charge in [-0.25, -0.2) is 8.42 Å². The van der Waals surface area contributed by atoms with Crippen LogP contribution in [0.1, 0.15) is 48.9 Å². The van der Waals surface area contributed by atoms with Gasteiger partial charge in [0.2, 0.25) is 11.8 Å². The summed E-state index contributed by atoms with van der Waals surface area (Å²) in [5.41, 5.74) is 4.18. The van der Waals surface area contributed by atoms with E-state index in [0.717, 1.165) is 33.0 Å². The molecule has 40 heavy (non-hydrogen) atoms. The number of anilines is 1. The van der Waals surface area contributed by atoms with Crippen LogP contribution in [0, 0.1) is 20.8 Å². The first-order chi connectivity index (χ1) is 19.0. The maximum absolute atomic E-state index is 14.1. The molecular weight excluding hydrogens is 546 g/mol. The Morgan fingerprint density at radius 3 is 2.12 bits per heavy atom. The summed E-state index contributed by atoms with van der Waals surface area (Å²) in [5.74, 6) is -0.738. The largest absolute Gasteiger partial charge is 0.354 e. The molecule has 1 N–H and O–H groups in total. The van der Waals surface area contributed by atoms with E-state index in [-0.39, 0.29) is 17.3 Å². The van der Waals surface area contributed by atoms with Crippen LogP contribution < -0.4 is 9.62 Å². The minimum atomic E-state index is -4.15. The predicted octanol–water partition coefficient (Wildman–Crippen LogP) is 5.79. The van der Waals surface area contributed by atoms with Gasteiger partial charge in [0.15, 0.2) is 0 Å². The van der Waals surface area contributed by atoms with Gasteiger partial charge in [0.25, 0.3) is 10.0 Å². The van der Waals surface area contributed by atoms with Crippen molar-refractivity contribution in [3.05, 3.63) is 94.0 Å². The van der Waals surface area contributed by atoms with E-state index in [1.165, 1.54) is 29.2 Å². The number of carbonyl (C=O) groups excluding carboxylic acids is 2. The van der Waals surface area contributed by atoms with Gasteiger partial charge in [0.1, 0.15) is 12.6 Å². The number of amides is 2. The quantitative estimate of drug-likeness (QED) is 0.292. The maximum Gasteiger partial charge on any atom is 0.264 e. The van der Waals surface area contributed by atoms with Crippen LogP contribution in [0.25, 0.3) is 0 Å². The molecule has 0 fully saturated rings. The molecule has 0 heterocycles. The molecule has 3 aromatic carbocycles. The fourth-order valence-electron chi connectivity index (χ4n) is 4.32. The zero-order chi connectivity index (χ0) is 29.4. The van der Waals surface area contributed by atoms with Gasteiger partial charge >= 0.3 is 0 Å². The summed E-state index contributed by atoms with van der Waals surface area (Å²) in [5, 5.41) is 3.30. The van der Waals surface area contributed by atoms with Gasteiger partial charge in [-0.15, -0.1) is 0 Å². The van der Waals surface area contributed by atoms with Gasteiger partial charge in [-0.3, -0.25) is 13.9 Å². The van der Waals surface area contributed by atoms with Crippen molar-refractivity contribution in [1.82, 2.24) is 10.2 Å². The van der Waals surface area contributed by atoms with E-state index in [9.17, 15) is 18.0 Å². The van der Waals surface area contributed by atoms with Crippen molar-refractivity contribution in [3.8, 4) is 0 Å². The SMILES string of the molecule is CCCNC(=O)[C@@H](CC)N(Cc1ccc(C)cc1)C(=O)CN(c1ccc(C)c(C)c1)S(=O)(=O)c1ccc(Cl)cc1. The first-order valence-electron chi connectivity index (χ1n) is 13.5. The van der Waals surface area contributed by atoms with Gasteiger partial charge in [-0.05, 0) is 86.7 Å². The number of hydrogen-bond donors (Lipinski definition) is 1. The van der Waals surface area contributed by atoms with Gasteiger partial charge in [-0.2, -0.15) is 0 Å². The lowest BCUT2D eigenvalue weighted by molar-refractivity contribution is -0.140. The number of hydrogen-bond acceptors (Lipinski definition) is 4. The van der Waals surface area contributed by atoms with Crippen LogP contribution in [0.3, 0.4) is 0 Å². The first-order valence-corrected chi connectivity index (χ1v) is 15.3. The Balaban J connectivity index is 2.07. The number of sulfonamides is 1. The standard InChI is InChI=1S/C31H38ClN3O4S/c1-6-18-33-31(37)29(7-2)34(20-25-11-8-22(3)9-12-25)30(36)21-35(27-15-10-23(4)24(5)19-27)40(38,39)28-16-13-26(32)14-17-28/h8-17,19,29H,6-7,18,20-21H2,1-5H3,(H,33,37)/t29-/m1/s1. The molecule has 2 amide bonds. The molecule has 214 valence electrons. The second-order valence-corrected chi connectivity index (χ2v) is 12.3. The third-order valence-corrected chi connectivity index (χ3v) is 8.91. The summed E-state index contributed by atoms with van der Waals surface area (Å²) in [7, 11) is -4.15. The summed E-state index contributed by atoms with van der Waals surface area (Å²) in [6, 6.07) is 18.1. The van der Waals surface area contributed by atoms with Crippen LogP contribution in [0.2, 0.25) is 5.02 Å². The second-order valence-electron chi connectivity index (χ2n) is 9.96. The van der Waals surface area contributed by atoms with E-state index in [1.54, 1.807) is 12.1 Å². The molecule has 0 bridgehead atoms. The molecule has 0 saturated heterocycles. The number of nitrogens with zero attached hydrogens (tertiary/aromatic N) is 2. The predicted molar refractivity (Wildman–Crippen MR) is 161 cm³/mol. The van der Waals surface area contributed by atoms with Crippen molar-refractivity contribution in [2.24, 2.45) is 0 Å². The minimum absolute atomic E-state index is 0.0146. The molecule has 3 aromatic rings. The van der Waals surface area contributed by atoms with Crippen molar-refractivity contribution in [2.45, 2.75) is 64.9 Å². The van der Waals surface area contributed by atoms with Crippen LogP contribution in [-0.2, 0) is 26.2 Å². The van der Waals surface area contributed by atoms with Crippen LogP contribution in [0.15, 0.2) is 71.6 Å². The highest BCUT2D eigenvalue weighted by Crippen LogP contribution is 2.27. The molecule has 0 radical (unpaired) electrons. The molecule has 0 aromatic heterocycles. The van der Waals surface area contributed by atoms with Crippen molar-refractivity contribution < 1.29 is 18.0 Å². The van der Waals surface area contributed by atoms with E-state index < -0.39 is 28.5 Å². The van der Waals surface area contributed by atoms with Crippen LogP contribution in [0.4, 0.5) is 5.69 Å². The fourth-order valence-corrected chi connectivity index (χ4v) is 5.85. The zero-order valence-electron chi connectivity index (χ0n) is 23.8. The lowest BCUT2D eigenvalue weighted by atomic mass is 10.1. The molecule has 0 aliphatic rings. The Labute approximate surface area is 243 Å². The number of benzene rings is 3. The van der Waals surface area contributed by atoms with Crippen LogP contribution >= 0.6 is 11.6 Å². The zero-order valence-corrected chi connectivity index (χ0v) is 25.3. The lowest BCUT2D eigenvalue weighted by Crippen LogP contribution is -2.52. The highest BCUT2D eigenvalue weighted by Gasteiger charge is 2.33. The van der Waals surface area contributed by atoms with E-state index >= 15 is 0 Å². The molecule has 1 atom stereocenters. The van der Waals surface area contributed by atoms with Crippen LogP contribution in [-0.4, -0.2) is 44.3 Å². The van der Waals surface area contributed by atoms with E-state index in [4.69, 9.17) is 11.6 Å². The van der Waals surface area contributed by atoms with Crippen molar-refractivity contribution in [3.63, 3.8) is 0 Å². The monoisotopic (exact) mass is 583 g/mol. The summed E-state index contributed by atoms with van der Waals surface area (Å²) < 4.78 is 29.0. The van der Waals surface area contributed by atoms with E-state index in [2.05, 4.69) is 5.32 Å². The molecule has 0 aliphatic carbocycles. The van der Waals surface area contributed by atoms with E-state index in [0.29, 0.717) is 23.7 Å². The normalized spacial score (nSPS) is 12.1. The van der Waals surface area contributed by atoms with Gasteiger partial charge in [0, 0.05) is 18.1 Å². The lowest BCUT2D eigenvalue weighted by Gasteiger charge is -2.33. The molecule has 3 rings (SSSR count). The summed E-state index contributed by atoms with van der Waals surface area (Å²) in [4.78, 5) is 28.7. The molecule has 0 saturated carbocycles. The maximum atomic E-state index is 14.1. The third-order valence-electron chi connectivity index (χ3n) is 6.87. The molecule has 9 heteroatoms. The molecule has 0 unspecified atom stereocenters. The topological polar surface area (TPSA) is 86.8 Å². The fraction of sp³-hybridized carbons (Fsp3) is 0.355. The first kappa shape index (κ1) is 31.2. The van der Waals surface area contributed by atoms with Crippen molar-refractivity contribution >= 4 is 39.1 Å². The second kappa shape index (κ2) is 13.8. The number of carbonyl (C=O) groups is 2. The Bertz CT molecular complexity index is 1420. The van der Waals surface area contributed by atoms with Gasteiger partial charge in [0.05, 0.1) is 10.6 Å². The summed E-state index contributed by atoms with van der Waals surface area (Å²) >= 11 is 6.02. The van der Waals surface area contributed by atoms with Gasteiger partial charge < -0.3 is 10.2 Å². The van der Waals surface area contributed by atoms with E-state index in [1.807, 2.05) is 65.0 Å². The highest BCUT2D eigenvalue weighted by molar-refractivity contribution is 7.92. The smallest absolute Gasteiger partial charge is 0.264 e. The highest BCUT2D eigenvalue weighted by atomic mass is 35.5. The van der Waals surface area contributed by atoms with Gasteiger partial charge in [-0.1, -0.05) is 61.3 Å². The Morgan fingerprint density at radius 1 is 0.900 bits per heavy atom. The summed E-state index contributed by atoms with van der Waals surface area (Å²) in [6.45, 7) is 9.78. The van der Waals surface area contributed by atoms with Crippen LogP contribution in [0.5, 0.6) is 0 Å². The number of halogens is 1. The Hall–Kier alpha value is -3.36. The molecule has 0 spiro atoms. The number of aryl methyl sites for hydroxylation is 3.